The quantitative estimate of drug-likeness (QED) is 0.414. The highest BCUT2D eigenvalue weighted by molar-refractivity contribution is 6.25. The van der Waals surface area contributed by atoms with Crippen molar-refractivity contribution < 1.29 is 29.3 Å². The minimum absolute atomic E-state index is 0.118. The summed E-state index contributed by atoms with van der Waals surface area (Å²) in [5.41, 5.74) is 0.370. The standard InChI is InChI=1S/C26H37ClN2O6/c1-15(10-18-8-6-7-9-28-18)19-11-21-26(27,35-21)14-34-13-16(2)23(32)17(3)24(33)25(4,5)20(30)12-22(31)29-19/h6-10,16-17,19-21,23,30,32H,11-14H2,1-5H3,(H,29,31)/b15-10+/t16-,17+,19-,20-,21?,23-,26?/m0/s1. The van der Waals surface area contributed by atoms with Crippen LogP contribution in [0.5, 0.6) is 0 Å². The molecule has 2 fully saturated rings. The number of rotatable bonds is 2. The van der Waals surface area contributed by atoms with Gasteiger partial charge < -0.3 is 25.0 Å². The zero-order valence-electron chi connectivity index (χ0n) is 21.0. The Morgan fingerprint density at radius 2 is 1.97 bits per heavy atom. The number of epoxide rings is 1. The number of aliphatic hydroxyl groups excluding tert-OH is 2. The fourth-order valence-corrected chi connectivity index (χ4v) is 4.76. The van der Waals surface area contributed by atoms with Gasteiger partial charge in [0.25, 0.3) is 0 Å². The smallest absolute Gasteiger partial charge is 0.223 e. The van der Waals surface area contributed by atoms with E-state index >= 15 is 0 Å². The van der Waals surface area contributed by atoms with Crippen LogP contribution in [0.4, 0.5) is 0 Å². The number of halogens is 1. The molecule has 35 heavy (non-hydrogen) atoms. The average Bonchev–Trinajstić information content (AvgIpc) is 3.45. The normalized spacial score (nSPS) is 37.3. The molecular formula is C26H37ClN2O6. The Bertz CT molecular complexity index is 939. The number of fused-ring (bicyclic) bond motifs is 1. The summed E-state index contributed by atoms with van der Waals surface area (Å²) in [7, 11) is 0. The molecular weight excluding hydrogens is 472 g/mol. The first-order chi connectivity index (χ1) is 16.3. The minimum atomic E-state index is -1.23. The Kier molecular flexibility index (Phi) is 8.76. The molecule has 194 valence electrons. The van der Waals surface area contributed by atoms with E-state index in [9.17, 15) is 19.8 Å². The van der Waals surface area contributed by atoms with Gasteiger partial charge in [-0.3, -0.25) is 14.6 Å². The second-order valence-corrected chi connectivity index (χ2v) is 11.1. The Hall–Kier alpha value is -1.84. The fourth-order valence-electron chi connectivity index (χ4n) is 4.49. The van der Waals surface area contributed by atoms with Crippen LogP contribution in [-0.4, -0.2) is 69.5 Å². The average molecular weight is 509 g/mol. The number of carbonyl (C=O) groups excluding carboxylic acids is 2. The van der Waals surface area contributed by atoms with E-state index in [1.807, 2.05) is 31.2 Å². The zero-order valence-corrected chi connectivity index (χ0v) is 21.8. The number of aromatic nitrogens is 1. The Morgan fingerprint density at radius 3 is 2.63 bits per heavy atom. The lowest BCUT2D eigenvalue weighted by atomic mass is 9.73. The number of Topliss-reactive ketones (excluding diaryl/α,β-unsaturated/α-hetero) is 1. The second-order valence-electron chi connectivity index (χ2n) is 10.5. The molecule has 8 nitrogen and oxygen atoms in total. The molecule has 2 aliphatic rings. The lowest BCUT2D eigenvalue weighted by Gasteiger charge is -2.34. The molecule has 2 unspecified atom stereocenters. The van der Waals surface area contributed by atoms with Gasteiger partial charge in [0.05, 0.1) is 49.0 Å². The van der Waals surface area contributed by atoms with E-state index in [1.165, 1.54) is 0 Å². The largest absolute Gasteiger partial charge is 0.392 e. The first kappa shape index (κ1) is 27.7. The number of aliphatic hydroxyl groups is 2. The van der Waals surface area contributed by atoms with E-state index in [1.54, 1.807) is 33.9 Å². The maximum absolute atomic E-state index is 13.2. The molecule has 0 radical (unpaired) electrons. The van der Waals surface area contributed by atoms with Crippen LogP contribution < -0.4 is 5.32 Å². The van der Waals surface area contributed by atoms with Gasteiger partial charge in [-0.05, 0) is 30.7 Å². The number of pyridine rings is 1. The molecule has 2 saturated heterocycles. The SMILES string of the molecule is C/C(=C\c1ccccn1)[C@@H]1CC2OC2(Cl)COC[C@H](C)[C@H](O)[C@@H](C)C(=O)C(C)(C)[C@@H](O)CC(=O)N1. The highest BCUT2D eigenvalue weighted by atomic mass is 35.5. The van der Waals surface area contributed by atoms with Crippen molar-refractivity contribution in [2.24, 2.45) is 17.3 Å². The lowest BCUT2D eigenvalue weighted by molar-refractivity contribution is -0.143. The van der Waals surface area contributed by atoms with E-state index in [0.29, 0.717) is 6.42 Å². The number of ketones is 1. The number of carbonyl (C=O) groups is 2. The van der Waals surface area contributed by atoms with E-state index in [2.05, 4.69) is 10.3 Å². The number of nitrogens with zero attached hydrogens (tertiary/aromatic N) is 1. The molecule has 0 aliphatic carbocycles. The topological polar surface area (TPSA) is 121 Å². The molecule has 1 aromatic rings. The van der Waals surface area contributed by atoms with Gasteiger partial charge in [0, 0.05) is 24.5 Å². The van der Waals surface area contributed by atoms with Crippen LogP contribution in [0.15, 0.2) is 30.0 Å². The Morgan fingerprint density at radius 1 is 1.26 bits per heavy atom. The van der Waals surface area contributed by atoms with Gasteiger partial charge in [0.2, 0.25) is 5.91 Å². The highest BCUT2D eigenvalue weighted by Gasteiger charge is 2.56. The summed E-state index contributed by atoms with van der Waals surface area (Å²) in [4.78, 5) is 30.5. The number of amides is 1. The number of hydrogen-bond donors (Lipinski definition) is 3. The van der Waals surface area contributed by atoms with E-state index in [0.717, 1.165) is 11.3 Å². The summed E-state index contributed by atoms with van der Waals surface area (Å²) in [6.07, 6.45) is 1.17. The Labute approximate surface area is 212 Å². The lowest BCUT2D eigenvalue weighted by Crippen LogP contribution is -2.48. The van der Waals surface area contributed by atoms with Crippen molar-refractivity contribution in [3.8, 4) is 0 Å². The highest BCUT2D eigenvalue weighted by Crippen LogP contribution is 2.44. The summed E-state index contributed by atoms with van der Waals surface area (Å²) < 4.78 is 11.5. The maximum Gasteiger partial charge on any atom is 0.223 e. The van der Waals surface area contributed by atoms with Crippen LogP contribution in [-0.2, 0) is 19.1 Å². The number of alkyl halides is 1. The van der Waals surface area contributed by atoms with Crippen molar-refractivity contribution in [2.45, 2.75) is 76.9 Å². The molecule has 2 aliphatic heterocycles. The zero-order chi connectivity index (χ0) is 26.0. The van der Waals surface area contributed by atoms with Crippen LogP contribution in [0.3, 0.4) is 0 Å². The predicted octanol–water partition coefficient (Wildman–Crippen LogP) is 2.70. The summed E-state index contributed by atoms with van der Waals surface area (Å²) in [6.45, 7) is 8.84. The first-order valence-corrected chi connectivity index (χ1v) is 12.5. The summed E-state index contributed by atoms with van der Waals surface area (Å²) in [6, 6.07) is 5.14. The number of hydrogen-bond acceptors (Lipinski definition) is 7. The van der Waals surface area contributed by atoms with Gasteiger partial charge in [-0.2, -0.15) is 0 Å². The number of ether oxygens (including phenoxy) is 2. The van der Waals surface area contributed by atoms with Gasteiger partial charge in [-0.25, -0.2) is 0 Å². The second kappa shape index (κ2) is 11.0. The van der Waals surface area contributed by atoms with Crippen molar-refractivity contribution in [2.75, 3.05) is 13.2 Å². The van der Waals surface area contributed by atoms with Crippen molar-refractivity contribution >= 4 is 29.4 Å². The van der Waals surface area contributed by atoms with Crippen LogP contribution in [0.2, 0.25) is 0 Å². The minimum Gasteiger partial charge on any atom is -0.392 e. The van der Waals surface area contributed by atoms with Crippen LogP contribution in [0.1, 0.15) is 53.2 Å². The third-order valence-corrected chi connectivity index (χ3v) is 7.64. The van der Waals surface area contributed by atoms with Gasteiger partial charge in [0.15, 0.2) is 5.06 Å². The summed E-state index contributed by atoms with van der Waals surface area (Å²) >= 11 is 6.59. The van der Waals surface area contributed by atoms with Gasteiger partial charge in [-0.15, -0.1) is 0 Å². The van der Waals surface area contributed by atoms with Gasteiger partial charge in [-0.1, -0.05) is 45.4 Å². The van der Waals surface area contributed by atoms with Crippen LogP contribution in [0.25, 0.3) is 6.08 Å². The predicted molar refractivity (Wildman–Crippen MR) is 132 cm³/mol. The molecule has 1 amide bonds. The van der Waals surface area contributed by atoms with Crippen LogP contribution >= 0.6 is 11.6 Å². The Balaban J connectivity index is 1.86. The van der Waals surface area contributed by atoms with Crippen LogP contribution in [0, 0.1) is 17.3 Å². The molecule has 3 heterocycles. The van der Waals surface area contributed by atoms with Gasteiger partial charge in [0.1, 0.15) is 11.9 Å². The van der Waals surface area contributed by atoms with E-state index in [4.69, 9.17) is 21.1 Å². The van der Waals surface area contributed by atoms with E-state index < -0.39 is 40.6 Å². The number of nitrogens with one attached hydrogen (secondary N) is 1. The molecule has 0 saturated carbocycles. The molecule has 7 atom stereocenters. The molecule has 3 rings (SSSR count). The first-order valence-electron chi connectivity index (χ1n) is 12.1. The van der Waals surface area contributed by atoms with Crippen molar-refractivity contribution in [1.82, 2.24) is 10.3 Å². The molecule has 0 aromatic carbocycles. The molecule has 3 N–H and O–H groups in total. The van der Waals surface area contributed by atoms with Gasteiger partial charge >= 0.3 is 0 Å². The maximum atomic E-state index is 13.2. The molecule has 0 spiro atoms. The summed E-state index contributed by atoms with van der Waals surface area (Å²) in [5, 5.41) is 23.5. The summed E-state index contributed by atoms with van der Waals surface area (Å²) in [5.74, 6) is -1.80. The molecule has 1 aromatic heterocycles. The van der Waals surface area contributed by atoms with E-state index in [-0.39, 0.29) is 37.4 Å². The third kappa shape index (κ3) is 6.68. The van der Waals surface area contributed by atoms with Crippen molar-refractivity contribution in [3.63, 3.8) is 0 Å². The monoisotopic (exact) mass is 508 g/mol. The molecule has 9 heteroatoms. The molecule has 0 bridgehead atoms. The van der Waals surface area contributed by atoms with Crippen molar-refractivity contribution in [1.29, 1.82) is 0 Å². The van der Waals surface area contributed by atoms with Crippen molar-refractivity contribution in [3.05, 3.63) is 35.7 Å². The fraction of sp³-hybridized carbons (Fsp3) is 0.654. The third-order valence-electron chi connectivity index (χ3n) is 7.20.